The minimum Gasteiger partial charge on any atom is -0.493 e. The van der Waals surface area contributed by atoms with Crippen LogP contribution in [0.3, 0.4) is 0 Å². The maximum absolute atomic E-state index is 6.28. The first-order valence-corrected chi connectivity index (χ1v) is 6.23. The van der Waals surface area contributed by atoms with Crippen molar-refractivity contribution in [3.63, 3.8) is 0 Å². The van der Waals surface area contributed by atoms with Gasteiger partial charge in [-0.15, -0.1) is 11.6 Å². The Bertz CT molecular complexity index is 350. The summed E-state index contributed by atoms with van der Waals surface area (Å²) in [6, 6.07) is 3.72. The fourth-order valence-corrected chi connectivity index (χ4v) is 2.17. The van der Waals surface area contributed by atoms with E-state index in [9.17, 15) is 0 Å². The molecule has 0 amide bonds. The molecule has 1 unspecified atom stereocenters. The summed E-state index contributed by atoms with van der Waals surface area (Å²) in [6.45, 7) is 7.24. The molecular weight excluding hydrogens is 236 g/mol. The van der Waals surface area contributed by atoms with E-state index in [1.807, 2.05) is 12.1 Å². The standard InChI is InChI=1S/C13H21ClN2O/c1-13(2,3)8-10(14)9-16-12-11(17-4)6-5-7-15-12/h5-7,10H,8-9H2,1-4H3,(H,15,16). The average molecular weight is 257 g/mol. The van der Waals surface area contributed by atoms with Crippen LogP contribution in [-0.4, -0.2) is 24.0 Å². The Morgan fingerprint density at radius 1 is 1.47 bits per heavy atom. The Labute approximate surface area is 109 Å². The third-order valence-electron chi connectivity index (χ3n) is 2.32. The Morgan fingerprint density at radius 3 is 2.76 bits per heavy atom. The highest BCUT2D eigenvalue weighted by atomic mass is 35.5. The number of ether oxygens (including phenoxy) is 1. The number of methoxy groups -OCH3 is 1. The molecule has 1 atom stereocenters. The summed E-state index contributed by atoms with van der Waals surface area (Å²) in [5, 5.41) is 3.30. The number of hydrogen-bond acceptors (Lipinski definition) is 3. The molecule has 0 aliphatic heterocycles. The molecule has 0 spiro atoms. The van der Waals surface area contributed by atoms with Crippen LogP contribution in [-0.2, 0) is 0 Å². The number of nitrogens with one attached hydrogen (secondary N) is 1. The van der Waals surface area contributed by atoms with Gasteiger partial charge in [-0.1, -0.05) is 20.8 Å². The van der Waals surface area contributed by atoms with E-state index in [-0.39, 0.29) is 10.8 Å². The molecule has 0 fully saturated rings. The summed E-state index contributed by atoms with van der Waals surface area (Å²) in [5.41, 5.74) is 0.238. The van der Waals surface area contributed by atoms with E-state index < -0.39 is 0 Å². The van der Waals surface area contributed by atoms with E-state index in [0.29, 0.717) is 6.54 Å². The van der Waals surface area contributed by atoms with Gasteiger partial charge in [-0.25, -0.2) is 4.98 Å². The molecule has 96 valence electrons. The zero-order valence-corrected chi connectivity index (χ0v) is 11.7. The molecule has 0 saturated heterocycles. The molecule has 3 nitrogen and oxygen atoms in total. The van der Waals surface area contributed by atoms with Crippen molar-refractivity contribution in [2.75, 3.05) is 19.0 Å². The molecule has 17 heavy (non-hydrogen) atoms. The van der Waals surface area contributed by atoms with Crippen molar-refractivity contribution in [2.24, 2.45) is 5.41 Å². The summed E-state index contributed by atoms with van der Waals surface area (Å²) in [6.07, 6.45) is 2.69. The zero-order chi connectivity index (χ0) is 12.9. The van der Waals surface area contributed by atoms with Crippen LogP contribution in [0.1, 0.15) is 27.2 Å². The first-order chi connectivity index (χ1) is 7.92. The molecular formula is C13H21ClN2O. The van der Waals surface area contributed by atoms with Crippen LogP contribution >= 0.6 is 11.6 Å². The van der Waals surface area contributed by atoms with Gasteiger partial charge in [0.1, 0.15) is 0 Å². The van der Waals surface area contributed by atoms with Crippen LogP contribution in [0.15, 0.2) is 18.3 Å². The normalized spacial score (nSPS) is 13.2. The molecule has 1 N–H and O–H groups in total. The monoisotopic (exact) mass is 256 g/mol. The van der Waals surface area contributed by atoms with E-state index >= 15 is 0 Å². The van der Waals surface area contributed by atoms with E-state index in [1.54, 1.807) is 13.3 Å². The van der Waals surface area contributed by atoms with Gasteiger partial charge in [0.25, 0.3) is 0 Å². The largest absolute Gasteiger partial charge is 0.493 e. The summed E-state index contributed by atoms with van der Waals surface area (Å²) < 4.78 is 5.21. The predicted octanol–water partition coefficient (Wildman–Crippen LogP) is 3.55. The second-order valence-electron chi connectivity index (χ2n) is 5.30. The SMILES string of the molecule is COc1cccnc1NCC(Cl)CC(C)(C)C. The highest BCUT2D eigenvalue weighted by molar-refractivity contribution is 6.20. The lowest BCUT2D eigenvalue weighted by molar-refractivity contribution is 0.373. The third-order valence-corrected chi connectivity index (χ3v) is 2.62. The van der Waals surface area contributed by atoms with Gasteiger partial charge in [0, 0.05) is 12.7 Å². The van der Waals surface area contributed by atoms with Crippen LogP contribution in [0.25, 0.3) is 0 Å². The second kappa shape index (κ2) is 6.10. The van der Waals surface area contributed by atoms with Gasteiger partial charge < -0.3 is 10.1 Å². The quantitative estimate of drug-likeness (QED) is 0.819. The Kier molecular flexibility index (Phi) is 5.06. The highest BCUT2D eigenvalue weighted by Gasteiger charge is 2.17. The number of alkyl halides is 1. The number of pyridine rings is 1. The maximum Gasteiger partial charge on any atom is 0.168 e. The average Bonchev–Trinajstić information content (AvgIpc) is 2.24. The summed E-state index contributed by atoms with van der Waals surface area (Å²) in [4.78, 5) is 4.22. The van der Waals surface area contributed by atoms with Crippen molar-refractivity contribution in [2.45, 2.75) is 32.6 Å². The lowest BCUT2D eigenvalue weighted by atomic mass is 9.90. The number of nitrogens with zero attached hydrogens (tertiary/aromatic N) is 1. The van der Waals surface area contributed by atoms with Crippen LogP contribution in [0.5, 0.6) is 5.75 Å². The van der Waals surface area contributed by atoms with E-state index in [2.05, 4.69) is 31.1 Å². The van der Waals surface area contributed by atoms with Crippen molar-refractivity contribution >= 4 is 17.4 Å². The topological polar surface area (TPSA) is 34.1 Å². The fraction of sp³-hybridized carbons (Fsp3) is 0.615. The molecule has 0 aliphatic carbocycles. The molecule has 1 aromatic rings. The van der Waals surface area contributed by atoms with Crippen LogP contribution in [0.4, 0.5) is 5.82 Å². The lowest BCUT2D eigenvalue weighted by Gasteiger charge is -2.22. The van der Waals surface area contributed by atoms with Crippen molar-refractivity contribution in [1.29, 1.82) is 0 Å². The van der Waals surface area contributed by atoms with Gasteiger partial charge in [0.2, 0.25) is 0 Å². The van der Waals surface area contributed by atoms with Crippen molar-refractivity contribution in [1.82, 2.24) is 4.98 Å². The van der Waals surface area contributed by atoms with Crippen LogP contribution in [0, 0.1) is 5.41 Å². The summed E-state index contributed by atoms with van der Waals surface area (Å²) >= 11 is 6.28. The van der Waals surface area contributed by atoms with E-state index in [1.165, 1.54) is 0 Å². The number of hydrogen-bond donors (Lipinski definition) is 1. The number of anilines is 1. The number of aromatic nitrogens is 1. The molecule has 1 aromatic heterocycles. The van der Waals surface area contributed by atoms with Crippen molar-refractivity contribution < 1.29 is 4.74 Å². The van der Waals surface area contributed by atoms with Gasteiger partial charge >= 0.3 is 0 Å². The first kappa shape index (κ1) is 14.1. The second-order valence-corrected chi connectivity index (χ2v) is 5.91. The van der Waals surface area contributed by atoms with Crippen molar-refractivity contribution in [3.05, 3.63) is 18.3 Å². The molecule has 0 aliphatic rings. The Morgan fingerprint density at radius 2 is 2.18 bits per heavy atom. The molecule has 0 radical (unpaired) electrons. The smallest absolute Gasteiger partial charge is 0.168 e. The maximum atomic E-state index is 6.28. The van der Waals surface area contributed by atoms with Gasteiger partial charge in [0.15, 0.2) is 11.6 Å². The van der Waals surface area contributed by atoms with Gasteiger partial charge in [0.05, 0.1) is 12.5 Å². The predicted molar refractivity (Wildman–Crippen MR) is 73.0 cm³/mol. The molecule has 1 rings (SSSR count). The van der Waals surface area contributed by atoms with Crippen molar-refractivity contribution in [3.8, 4) is 5.75 Å². The van der Waals surface area contributed by atoms with E-state index in [0.717, 1.165) is 18.0 Å². The summed E-state index contributed by atoms with van der Waals surface area (Å²) in [5.74, 6) is 1.49. The molecule has 1 heterocycles. The molecule has 0 saturated carbocycles. The highest BCUT2D eigenvalue weighted by Crippen LogP contribution is 2.25. The van der Waals surface area contributed by atoms with Crippen LogP contribution < -0.4 is 10.1 Å². The number of rotatable bonds is 5. The fourth-order valence-electron chi connectivity index (χ4n) is 1.63. The third kappa shape index (κ3) is 5.26. The first-order valence-electron chi connectivity index (χ1n) is 5.79. The van der Waals surface area contributed by atoms with Gasteiger partial charge in [-0.2, -0.15) is 0 Å². The Balaban J connectivity index is 2.50. The molecule has 0 bridgehead atoms. The minimum atomic E-state index is 0.0849. The lowest BCUT2D eigenvalue weighted by Crippen LogP contribution is -2.21. The van der Waals surface area contributed by atoms with Crippen LogP contribution in [0.2, 0.25) is 0 Å². The van der Waals surface area contributed by atoms with Gasteiger partial charge in [-0.05, 0) is 24.0 Å². The summed E-state index contributed by atoms with van der Waals surface area (Å²) in [7, 11) is 1.63. The van der Waals surface area contributed by atoms with Gasteiger partial charge in [-0.3, -0.25) is 0 Å². The molecule has 0 aromatic carbocycles. The zero-order valence-electron chi connectivity index (χ0n) is 11.0. The Hall–Kier alpha value is -0.960. The molecule has 4 heteroatoms. The number of halogens is 1. The van der Waals surface area contributed by atoms with E-state index in [4.69, 9.17) is 16.3 Å². The minimum absolute atomic E-state index is 0.0849.